The van der Waals surface area contributed by atoms with Crippen molar-refractivity contribution in [1.29, 1.82) is 0 Å². The van der Waals surface area contributed by atoms with E-state index in [1.165, 1.54) is 35.7 Å². The summed E-state index contributed by atoms with van der Waals surface area (Å²) in [7, 11) is 2.17. The van der Waals surface area contributed by atoms with Gasteiger partial charge in [-0.2, -0.15) is 0 Å². The molecule has 0 radical (unpaired) electrons. The third-order valence-electron chi connectivity index (χ3n) is 6.93. The van der Waals surface area contributed by atoms with Gasteiger partial charge in [0.2, 0.25) is 0 Å². The summed E-state index contributed by atoms with van der Waals surface area (Å²) in [6.45, 7) is 3.23. The van der Waals surface area contributed by atoms with Crippen molar-refractivity contribution in [3.05, 3.63) is 51.3 Å². The van der Waals surface area contributed by atoms with Gasteiger partial charge in [0.25, 0.3) is 0 Å². The Kier molecular flexibility index (Phi) is 3.74. The van der Waals surface area contributed by atoms with Crippen molar-refractivity contribution in [2.24, 2.45) is 5.92 Å². The van der Waals surface area contributed by atoms with Crippen molar-refractivity contribution in [1.82, 2.24) is 4.57 Å². The molecule has 5 nitrogen and oxygen atoms in total. The third-order valence-corrected chi connectivity index (χ3v) is 6.93. The quantitative estimate of drug-likeness (QED) is 0.879. The molecule has 0 unspecified atom stereocenters. The molecular formula is C23H26N2O3. The van der Waals surface area contributed by atoms with E-state index in [4.69, 9.17) is 0 Å². The summed E-state index contributed by atoms with van der Waals surface area (Å²) < 4.78 is 2.09. The molecule has 3 aliphatic rings. The molecule has 2 fully saturated rings. The van der Waals surface area contributed by atoms with Gasteiger partial charge >= 0.3 is 5.97 Å². The molecule has 1 aliphatic heterocycles. The lowest BCUT2D eigenvalue weighted by atomic mass is 9.69. The topological polar surface area (TPSA) is 62.5 Å². The van der Waals surface area contributed by atoms with Gasteiger partial charge in [0.05, 0.1) is 5.69 Å². The van der Waals surface area contributed by atoms with Gasteiger partial charge in [0.15, 0.2) is 5.43 Å². The molecule has 5 heteroatoms. The van der Waals surface area contributed by atoms with E-state index in [0.717, 1.165) is 49.4 Å². The Labute approximate surface area is 164 Å². The Hall–Kier alpha value is -2.56. The zero-order valence-corrected chi connectivity index (χ0v) is 16.5. The van der Waals surface area contributed by atoms with E-state index in [-0.39, 0.29) is 11.1 Å². The molecular weight excluding hydrogens is 352 g/mol. The fraction of sp³-hybridized carbons (Fsp3) is 0.478. The van der Waals surface area contributed by atoms with E-state index in [9.17, 15) is 14.7 Å². The number of carboxylic acids is 1. The molecule has 0 bridgehead atoms. The Morgan fingerprint density at radius 1 is 1.29 bits per heavy atom. The van der Waals surface area contributed by atoms with E-state index < -0.39 is 11.4 Å². The zero-order chi connectivity index (χ0) is 19.6. The lowest BCUT2D eigenvalue weighted by Gasteiger charge is -2.49. The number of aryl methyl sites for hydroxylation is 1. The standard InChI is InChI=1S/C23H26N2O3/c1-14-8-17-16(9-19(14)24(2)12-15-4-5-15)11-23(6-3-7-23)25-13-18(22(27)28)21(26)10-20(17)25/h8-10,13,15H,3-7,11-12H2,1-2H3,(H,27,28). The number of carbonyl (C=O) groups is 1. The first-order valence-corrected chi connectivity index (χ1v) is 10.2. The maximum Gasteiger partial charge on any atom is 0.341 e. The summed E-state index contributed by atoms with van der Waals surface area (Å²) in [6, 6.07) is 6.03. The van der Waals surface area contributed by atoms with Gasteiger partial charge < -0.3 is 14.6 Å². The summed E-state index contributed by atoms with van der Waals surface area (Å²) >= 11 is 0. The van der Waals surface area contributed by atoms with Crippen molar-refractivity contribution in [3.8, 4) is 11.3 Å². The predicted molar refractivity (Wildman–Crippen MR) is 109 cm³/mol. The minimum atomic E-state index is -1.14. The van der Waals surface area contributed by atoms with E-state index in [1.807, 2.05) is 0 Å². The molecule has 1 aromatic heterocycles. The molecule has 0 amide bonds. The number of carboxylic acid groups (broad SMARTS) is 1. The molecule has 0 atom stereocenters. The summed E-state index contributed by atoms with van der Waals surface area (Å²) in [5.41, 5.74) is 5.09. The van der Waals surface area contributed by atoms with E-state index in [0.29, 0.717) is 0 Å². The van der Waals surface area contributed by atoms with Crippen molar-refractivity contribution >= 4 is 11.7 Å². The maximum absolute atomic E-state index is 12.4. The summed E-state index contributed by atoms with van der Waals surface area (Å²) in [5.74, 6) is -0.319. The fourth-order valence-electron chi connectivity index (χ4n) is 5.06. The molecule has 1 spiro atoms. The maximum atomic E-state index is 12.4. The van der Waals surface area contributed by atoms with Gasteiger partial charge in [0, 0.05) is 42.6 Å². The highest BCUT2D eigenvalue weighted by Gasteiger charge is 2.43. The first kappa shape index (κ1) is 17.5. The van der Waals surface area contributed by atoms with Gasteiger partial charge in [0.1, 0.15) is 5.56 Å². The average Bonchev–Trinajstić information content (AvgIpc) is 3.42. The number of aromatic carboxylic acids is 1. The van der Waals surface area contributed by atoms with Crippen LogP contribution in [0, 0.1) is 12.8 Å². The molecule has 28 heavy (non-hydrogen) atoms. The van der Waals surface area contributed by atoms with E-state index in [1.54, 1.807) is 6.20 Å². The minimum absolute atomic E-state index is 0.0815. The predicted octanol–water partition coefficient (Wildman–Crippen LogP) is 3.80. The largest absolute Gasteiger partial charge is 0.477 e. The number of nitrogens with zero attached hydrogens (tertiary/aromatic N) is 2. The minimum Gasteiger partial charge on any atom is -0.477 e. The van der Waals surface area contributed by atoms with Gasteiger partial charge in [-0.3, -0.25) is 4.79 Å². The highest BCUT2D eigenvalue weighted by atomic mass is 16.4. The van der Waals surface area contributed by atoms with Crippen LogP contribution in [0.1, 0.15) is 53.6 Å². The molecule has 2 aromatic rings. The lowest BCUT2D eigenvalue weighted by Crippen LogP contribution is -2.46. The summed E-state index contributed by atoms with van der Waals surface area (Å²) in [5, 5.41) is 9.42. The highest BCUT2D eigenvalue weighted by Crippen LogP contribution is 2.49. The molecule has 1 aromatic carbocycles. The van der Waals surface area contributed by atoms with Crippen molar-refractivity contribution < 1.29 is 9.90 Å². The number of hydrogen-bond donors (Lipinski definition) is 1. The number of pyridine rings is 1. The number of anilines is 1. The Bertz CT molecular complexity index is 1040. The van der Waals surface area contributed by atoms with Gasteiger partial charge in [-0.25, -0.2) is 4.79 Å². The average molecular weight is 378 g/mol. The van der Waals surface area contributed by atoms with Gasteiger partial charge in [-0.05, 0) is 74.6 Å². The molecule has 2 saturated carbocycles. The number of benzene rings is 1. The van der Waals surface area contributed by atoms with E-state index in [2.05, 4.69) is 35.6 Å². The SMILES string of the molecule is Cc1cc2c(cc1N(C)CC1CC1)CC1(CCC1)n1cc(C(=O)O)c(=O)cc1-2. The van der Waals surface area contributed by atoms with Crippen LogP contribution in [0.25, 0.3) is 11.3 Å². The summed E-state index contributed by atoms with van der Waals surface area (Å²) in [6.07, 6.45) is 8.36. The number of aromatic nitrogens is 1. The normalized spacial score (nSPS) is 18.9. The third kappa shape index (κ3) is 2.60. The van der Waals surface area contributed by atoms with Crippen LogP contribution in [0.4, 0.5) is 5.69 Å². The van der Waals surface area contributed by atoms with Gasteiger partial charge in [-0.1, -0.05) is 0 Å². The Morgan fingerprint density at radius 2 is 2.04 bits per heavy atom. The molecule has 5 rings (SSSR count). The van der Waals surface area contributed by atoms with Crippen LogP contribution in [0.15, 0.2) is 29.2 Å². The van der Waals surface area contributed by atoms with Crippen molar-refractivity contribution in [2.75, 3.05) is 18.5 Å². The fourth-order valence-corrected chi connectivity index (χ4v) is 5.06. The van der Waals surface area contributed by atoms with Crippen molar-refractivity contribution in [3.63, 3.8) is 0 Å². The van der Waals surface area contributed by atoms with Crippen LogP contribution in [-0.4, -0.2) is 29.2 Å². The van der Waals surface area contributed by atoms with Crippen LogP contribution >= 0.6 is 0 Å². The van der Waals surface area contributed by atoms with Crippen LogP contribution in [-0.2, 0) is 12.0 Å². The number of rotatable bonds is 4. The van der Waals surface area contributed by atoms with E-state index >= 15 is 0 Å². The molecule has 1 N–H and O–H groups in total. The Balaban J connectivity index is 1.66. The highest BCUT2D eigenvalue weighted by molar-refractivity contribution is 5.88. The molecule has 2 heterocycles. The van der Waals surface area contributed by atoms with Crippen LogP contribution in [0.2, 0.25) is 0 Å². The second kappa shape index (κ2) is 5.97. The molecule has 146 valence electrons. The Morgan fingerprint density at radius 3 is 2.64 bits per heavy atom. The first-order chi connectivity index (χ1) is 13.4. The summed E-state index contributed by atoms with van der Waals surface area (Å²) in [4.78, 5) is 26.3. The monoisotopic (exact) mass is 378 g/mol. The van der Waals surface area contributed by atoms with Crippen molar-refractivity contribution in [2.45, 2.75) is 51.0 Å². The van der Waals surface area contributed by atoms with Crippen LogP contribution < -0.4 is 10.3 Å². The molecule has 2 aliphatic carbocycles. The van der Waals surface area contributed by atoms with Gasteiger partial charge in [-0.15, -0.1) is 0 Å². The second-order valence-corrected chi connectivity index (χ2v) is 8.99. The lowest BCUT2D eigenvalue weighted by molar-refractivity contribution is 0.0691. The zero-order valence-electron chi connectivity index (χ0n) is 16.5. The molecule has 0 saturated heterocycles. The number of fused-ring (bicyclic) bond motifs is 4. The van der Waals surface area contributed by atoms with Crippen LogP contribution in [0.5, 0.6) is 0 Å². The number of hydrogen-bond acceptors (Lipinski definition) is 3. The first-order valence-electron chi connectivity index (χ1n) is 10.2. The second-order valence-electron chi connectivity index (χ2n) is 8.99. The van der Waals surface area contributed by atoms with Crippen LogP contribution in [0.3, 0.4) is 0 Å². The smallest absolute Gasteiger partial charge is 0.341 e.